The van der Waals surface area contributed by atoms with Gasteiger partial charge >= 0.3 is 0 Å². The zero-order valence-corrected chi connectivity index (χ0v) is 15.6. The second-order valence-electron chi connectivity index (χ2n) is 4.74. The Hall–Kier alpha value is -0.120. The first kappa shape index (κ1) is 28.1. The molecule has 3 nitrogen and oxygen atoms in total. The van der Waals surface area contributed by atoms with Gasteiger partial charge in [-0.3, -0.25) is 0 Å². The van der Waals surface area contributed by atoms with Crippen molar-refractivity contribution in [3.63, 3.8) is 0 Å². The number of unbranched alkanes of at least 4 members (excludes halogenated alkanes) is 3. The third kappa shape index (κ3) is 64.6. The monoisotopic (exact) mass is 293 g/mol. The highest BCUT2D eigenvalue weighted by molar-refractivity contribution is 4.43. The molecule has 0 unspecified atom stereocenters. The Morgan fingerprint density at radius 1 is 0.750 bits per heavy atom. The molecule has 0 atom stereocenters. The Kier molecular flexibility index (Phi) is 44.0. The van der Waals surface area contributed by atoms with Crippen LogP contribution in [-0.2, 0) is 0 Å². The van der Waals surface area contributed by atoms with Crippen molar-refractivity contribution >= 4 is 0 Å². The first-order chi connectivity index (χ1) is 9.41. The van der Waals surface area contributed by atoms with Gasteiger partial charge in [0.15, 0.2) is 0 Å². The van der Waals surface area contributed by atoms with Crippen LogP contribution >= 0.6 is 0 Å². The molecule has 0 aromatic heterocycles. The van der Waals surface area contributed by atoms with Crippen molar-refractivity contribution in [3.05, 3.63) is 0 Å². The van der Waals surface area contributed by atoms with E-state index in [1.807, 2.05) is 0 Å². The van der Waals surface area contributed by atoms with E-state index in [1.54, 1.807) is 20.8 Å². The first-order valence-corrected chi connectivity index (χ1v) is 8.42. The Labute approximate surface area is 129 Å². The standard InChI is InChI=1S/C6H15N.C6H14.C3H8O.C2H6O/c1-4-7(5-2)6-3;1-3-5-6-4-2;1-3(2)4;1-2-3/h4-6H2,1-3H3;3-6H2,1-2H3;3-4H,1-2H3;3H,2H2,1H3. The second kappa shape index (κ2) is 31.3. The molecule has 0 aliphatic heterocycles. The fourth-order valence-electron chi connectivity index (χ4n) is 1.17. The summed E-state index contributed by atoms with van der Waals surface area (Å²) in [5.74, 6) is 0. The van der Waals surface area contributed by atoms with Gasteiger partial charge in [0.2, 0.25) is 0 Å². The zero-order valence-electron chi connectivity index (χ0n) is 15.6. The van der Waals surface area contributed by atoms with Crippen molar-refractivity contribution in [3.8, 4) is 0 Å². The Balaban J connectivity index is -0.0000000899. The summed E-state index contributed by atoms with van der Waals surface area (Å²) in [5.41, 5.74) is 0. The van der Waals surface area contributed by atoms with Gasteiger partial charge in [-0.25, -0.2) is 0 Å². The van der Waals surface area contributed by atoms with E-state index in [2.05, 4.69) is 39.5 Å². The maximum Gasteiger partial charge on any atom is 0.0483 e. The predicted molar refractivity (Wildman–Crippen MR) is 93.4 cm³/mol. The van der Waals surface area contributed by atoms with Crippen molar-refractivity contribution in [2.45, 2.75) is 87.2 Å². The number of rotatable bonds is 6. The molecule has 0 rings (SSSR count). The van der Waals surface area contributed by atoms with E-state index in [-0.39, 0.29) is 12.7 Å². The average Bonchev–Trinajstić information content (AvgIpc) is 2.39. The van der Waals surface area contributed by atoms with Gasteiger partial charge in [0, 0.05) is 12.7 Å². The lowest BCUT2D eigenvalue weighted by Crippen LogP contribution is -2.21. The van der Waals surface area contributed by atoms with Crippen molar-refractivity contribution in [1.82, 2.24) is 4.90 Å². The molecule has 0 aliphatic rings. The molecule has 0 aromatic carbocycles. The van der Waals surface area contributed by atoms with Gasteiger partial charge in [-0.05, 0) is 40.4 Å². The Bertz CT molecular complexity index is 103. The Morgan fingerprint density at radius 3 is 1.00 bits per heavy atom. The van der Waals surface area contributed by atoms with Crippen LogP contribution in [0.1, 0.15) is 81.1 Å². The van der Waals surface area contributed by atoms with Crippen LogP contribution in [0.25, 0.3) is 0 Å². The third-order valence-corrected chi connectivity index (χ3v) is 2.30. The minimum atomic E-state index is -0.167. The highest BCUT2D eigenvalue weighted by Gasteiger charge is 1.89. The Morgan fingerprint density at radius 2 is 0.950 bits per heavy atom. The second-order valence-corrected chi connectivity index (χ2v) is 4.74. The topological polar surface area (TPSA) is 43.7 Å². The van der Waals surface area contributed by atoms with Crippen LogP contribution in [0.15, 0.2) is 0 Å². The summed E-state index contributed by atoms with van der Waals surface area (Å²) in [6.45, 7) is 20.0. The summed E-state index contributed by atoms with van der Waals surface area (Å²) in [6, 6.07) is 0. The van der Waals surface area contributed by atoms with E-state index in [4.69, 9.17) is 10.2 Å². The molecule has 0 bridgehead atoms. The molecule has 0 fully saturated rings. The predicted octanol–water partition coefficient (Wildman–Crippen LogP) is 4.32. The van der Waals surface area contributed by atoms with Crippen LogP contribution in [0, 0.1) is 0 Å². The summed E-state index contributed by atoms with van der Waals surface area (Å²) in [4.78, 5) is 2.38. The summed E-state index contributed by atoms with van der Waals surface area (Å²) in [5, 5.41) is 15.6. The average molecular weight is 294 g/mol. The summed E-state index contributed by atoms with van der Waals surface area (Å²) in [6.07, 6.45) is 5.37. The van der Waals surface area contributed by atoms with Crippen LogP contribution in [0.3, 0.4) is 0 Å². The first-order valence-electron chi connectivity index (χ1n) is 8.42. The molecule has 0 saturated carbocycles. The quantitative estimate of drug-likeness (QED) is 0.717. The van der Waals surface area contributed by atoms with Crippen molar-refractivity contribution in [2.24, 2.45) is 0 Å². The van der Waals surface area contributed by atoms with Gasteiger partial charge < -0.3 is 15.1 Å². The van der Waals surface area contributed by atoms with Gasteiger partial charge in [-0.2, -0.15) is 0 Å². The van der Waals surface area contributed by atoms with Crippen LogP contribution in [0.2, 0.25) is 0 Å². The molecule has 0 aliphatic carbocycles. The maximum absolute atomic E-state index is 8.06. The number of aliphatic hydroxyl groups excluding tert-OH is 2. The van der Waals surface area contributed by atoms with E-state index in [9.17, 15) is 0 Å². The largest absolute Gasteiger partial charge is 0.397 e. The molecule has 3 heteroatoms. The molecule has 2 N–H and O–H groups in total. The maximum atomic E-state index is 8.06. The lowest BCUT2D eigenvalue weighted by molar-refractivity contribution is 0.216. The van der Waals surface area contributed by atoms with Crippen molar-refractivity contribution in [2.75, 3.05) is 26.2 Å². The number of hydrogen-bond acceptors (Lipinski definition) is 3. The fourth-order valence-corrected chi connectivity index (χ4v) is 1.17. The van der Waals surface area contributed by atoms with E-state index >= 15 is 0 Å². The van der Waals surface area contributed by atoms with Crippen LogP contribution in [0.5, 0.6) is 0 Å². The number of nitrogens with zero attached hydrogens (tertiary/aromatic N) is 1. The molecule has 0 radical (unpaired) electrons. The fraction of sp³-hybridized carbons (Fsp3) is 1.00. The van der Waals surface area contributed by atoms with Crippen molar-refractivity contribution in [1.29, 1.82) is 0 Å². The molecule has 0 spiro atoms. The lowest BCUT2D eigenvalue weighted by atomic mass is 10.2. The highest BCUT2D eigenvalue weighted by Crippen LogP contribution is 1.95. The van der Waals surface area contributed by atoms with Crippen LogP contribution in [0.4, 0.5) is 0 Å². The molecule has 0 heterocycles. The summed E-state index contributed by atoms with van der Waals surface area (Å²) >= 11 is 0. The third-order valence-electron chi connectivity index (χ3n) is 2.30. The zero-order chi connectivity index (χ0) is 16.8. The van der Waals surface area contributed by atoms with Gasteiger partial charge in [-0.1, -0.05) is 60.3 Å². The molecule has 0 amide bonds. The SMILES string of the molecule is CC(C)O.CCCCCC.CCN(CC)CC.CCO. The molecule has 0 saturated heterocycles. The minimum Gasteiger partial charge on any atom is -0.397 e. The summed E-state index contributed by atoms with van der Waals surface area (Å²) in [7, 11) is 0. The minimum absolute atomic E-state index is 0.167. The molecular formula is C17H43NO2. The summed E-state index contributed by atoms with van der Waals surface area (Å²) < 4.78 is 0. The molecule has 0 aromatic rings. The van der Waals surface area contributed by atoms with Gasteiger partial charge in [0.05, 0.1) is 0 Å². The number of aliphatic hydroxyl groups is 2. The normalized spacial score (nSPS) is 9.00. The molecule has 20 heavy (non-hydrogen) atoms. The van der Waals surface area contributed by atoms with E-state index in [0.29, 0.717) is 0 Å². The van der Waals surface area contributed by atoms with E-state index < -0.39 is 0 Å². The van der Waals surface area contributed by atoms with Gasteiger partial charge in [-0.15, -0.1) is 0 Å². The smallest absolute Gasteiger partial charge is 0.0483 e. The van der Waals surface area contributed by atoms with Crippen LogP contribution < -0.4 is 0 Å². The van der Waals surface area contributed by atoms with Gasteiger partial charge in [0.1, 0.15) is 0 Å². The lowest BCUT2D eigenvalue weighted by Gasteiger charge is -2.13. The highest BCUT2D eigenvalue weighted by atomic mass is 16.3. The van der Waals surface area contributed by atoms with E-state index in [0.717, 1.165) is 0 Å². The van der Waals surface area contributed by atoms with Crippen LogP contribution in [-0.4, -0.2) is 47.5 Å². The van der Waals surface area contributed by atoms with E-state index in [1.165, 1.54) is 45.3 Å². The van der Waals surface area contributed by atoms with Gasteiger partial charge in [0.25, 0.3) is 0 Å². The molecule has 128 valence electrons. The van der Waals surface area contributed by atoms with Crippen molar-refractivity contribution < 1.29 is 10.2 Å². The molecular weight excluding hydrogens is 250 g/mol. The number of hydrogen-bond donors (Lipinski definition) is 2.